The van der Waals surface area contributed by atoms with Gasteiger partial charge in [-0.05, 0) is 31.2 Å². The molecule has 0 N–H and O–H groups in total. The van der Waals surface area contributed by atoms with Crippen LogP contribution in [0.25, 0.3) is 5.69 Å². The molecule has 7 nitrogen and oxygen atoms in total. The molecular formula is C24H22FN5O2. The van der Waals surface area contributed by atoms with Gasteiger partial charge in [0.2, 0.25) is 5.91 Å². The fourth-order valence-corrected chi connectivity index (χ4v) is 4.29. The number of carbonyl (C=O) groups is 2. The van der Waals surface area contributed by atoms with Crippen molar-refractivity contribution in [3.63, 3.8) is 0 Å². The summed E-state index contributed by atoms with van der Waals surface area (Å²) in [6, 6.07) is 16.1. The Morgan fingerprint density at radius 2 is 1.69 bits per heavy atom. The molecule has 32 heavy (non-hydrogen) atoms. The number of ketones is 1. The number of halogens is 1. The van der Waals surface area contributed by atoms with Crippen molar-refractivity contribution in [2.75, 3.05) is 31.1 Å². The minimum atomic E-state index is -0.963. The van der Waals surface area contributed by atoms with E-state index in [1.807, 2.05) is 35.2 Å². The third-order valence-electron chi connectivity index (χ3n) is 5.96. The number of fused-ring (bicyclic) bond motifs is 1. The first-order valence-corrected chi connectivity index (χ1v) is 10.6. The summed E-state index contributed by atoms with van der Waals surface area (Å²) < 4.78 is 15.7. The molecule has 162 valence electrons. The summed E-state index contributed by atoms with van der Waals surface area (Å²) >= 11 is 0. The standard InChI is InChI=1S/C24H22FN5O2/c1-16-21-22(31)18(15-26-23(21)30(27-16)17-7-3-2-4-8-17)24(32)29-13-11-28(12-14-29)20-10-6-5-9-19(20)25/h2-10,15,18H,11-14H2,1H3. The van der Waals surface area contributed by atoms with Crippen LogP contribution in [0.15, 0.2) is 59.6 Å². The summed E-state index contributed by atoms with van der Waals surface area (Å²) in [6.07, 6.45) is 1.43. The summed E-state index contributed by atoms with van der Waals surface area (Å²) in [5.74, 6) is -1.34. The number of carbonyl (C=O) groups excluding carboxylic acids is 2. The predicted octanol–water partition coefficient (Wildman–Crippen LogP) is 3.18. The fourth-order valence-electron chi connectivity index (χ4n) is 4.29. The Hall–Kier alpha value is -3.81. The van der Waals surface area contributed by atoms with Crippen molar-refractivity contribution in [3.05, 3.63) is 71.7 Å². The smallest absolute Gasteiger partial charge is 0.239 e. The zero-order valence-corrected chi connectivity index (χ0v) is 17.6. The van der Waals surface area contributed by atoms with Crippen molar-refractivity contribution >= 4 is 29.4 Å². The normalized spacial score (nSPS) is 18.1. The van der Waals surface area contributed by atoms with Crippen LogP contribution in [0.2, 0.25) is 0 Å². The highest BCUT2D eigenvalue weighted by atomic mass is 19.1. The minimum absolute atomic E-state index is 0.274. The second kappa shape index (κ2) is 8.03. The number of Topliss-reactive ketones (excluding diaryl/α,β-unsaturated/α-hetero) is 1. The first kappa shape index (κ1) is 20.1. The highest BCUT2D eigenvalue weighted by Crippen LogP contribution is 2.32. The molecule has 0 aliphatic carbocycles. The lowest BCUT2D eigenvalue weighted by molar-refractivity contribution is -0.132. The highest BCUT2D eigenvalue weighted by Gasteiger charge is 2.38. The van der Waals surface area contributed by atoms with E-state index >= 15 is 0 Å². The number of piperazine rings is 1. The SMILES string of the molecule is Cc1nn(-c2ccccc2)c2c1C(=O)C(C(=O)N1CCN(c3ccccc3F)CC1)C=N2. The number of anilines is 1. The van der Waals surface area contributed by atoms with E-state index in [0.717, 1.165) is 5.69 Å². The summed E-state index contributed by atoms with van der Waals surface area (Å²) in [5, 5.41) is 4.49. The molecule has 0 bridgehead atoms. The van der Waals surface area contributed by atoms with E-state index in [2.05, 4.69) is 10.1 Å². The third kappa shape index (κ3) is 3.37. The molecule has 3 aromatic rings. The molecule has 1 fully saturated rings. The number of aryl methyl sites for hydroxylation is 1. The Balaban J connectivity index is 1.33. The average molecular weight is 431 g/mol. The lowest BCUT2D eigenvalue weighted by atomic mass is 9.94. The number of amides is 1. The predicted molar refractivity (Wildman–Crippen MR) is 119 cm³/mol. The quantitative estimate of drug-likeness (QED) is 0.598. The number of hydrogen-bond acceptors (Lipinski definition) is 5. The average Bonchev–Trinajstić information content (AvgIpc) is 3.17. The van der Waals surface area contributed by atoms with Crippen LogP contribution in [0.3, 0.4) is 0 Å². The van der Waals surface area contributed by atoms with Crippen molar-refractivity contribution in [1.29, 1.82) is 0 Å². The Morgan fingerprint density at radius 3 is 2.41 bits per heavy atom. The Bertz CT molecular complexity index is 1210. The largest absolute Gasteiger partial charge is 0.366 e. The van der Waals surface area contributed by atoms with Crippen LogP contribution in [0.4, 0.5) is 15.9 Å². The monoisotopic (exact) mass is 431 g/mol. The van der Waals surface area contributed by atoms with Crippen molar-refractivity contribution in [2.45, 2.75) is 6.92 Å². The van der Waals surface area contributed by atoms with Crippen molar-refractivity contribution in [3.8, 4) is 5.69 Å². The maximum atomic E-state index is 14.1. The van der Waals surface area contributed by atoms with Gasteiger partial charge in [-0.3, -0.25) is 9.59 Å². The zero-order chi connectivity index (χ0) is 22.2. The minimum Gasteiger partial charge on any atom is -0.366 e. The van der Waals surface area contributed by atoms with Crippen molar-refractivity contribution in [2.24, 2.45) is 10.9 Å². The maximum Gasteiger partial charge on any atom is 0.239 e. The van der Waals surface area contributed by atoms with Crippen LogP contribution in [-0.2, 0) is 4.79 Å². The first-order valence-electron chi connectivity index (χ1n) is 10.6. The number of hydrogen-bond donors (Lipinski definition) is 0. The van der Waals surface area contributed by atoms with Crippen molar-refractivity contribution in [1.82, 2.24) is 14.7 Å². The molecule has 0 saturated carbocycles. The van der Waals surface area contributed by atoms with E-state index < -0.39 is 5.92 Å². The molecule has 8 heteroatoms. The molecule has 2 aliphatic rings. The summed E-state index contributed by atoms with van der Waals surface area (Å²) in [7, 11) is 0. The maximum absolute atomic E-state index is 14.1. The van der Waals surface area contributed by atoms with Crippen LogP contribution in [0, 0.1) is 18.7 Å². The van der Waals surface area contributed by atoms with Gasteiger partial charge >= 0.3 is 0 Å². The number of benzene rings is 2. The van der Waals surface area contributed by atoms with E-state index in [1.165, 1.54) is 12.3 Å². The van der Waals surface area contributed by atoms with Gasteiger partial charge in [-0.2, -0.15) is 5.10 Å². The number of aliphatic imine (C=N–C) groups is 1. The molecular weight excluding hydrogens is 409 g/mol. The van der Waals surface area contributed by atoms with E-state index in [-0.39, 0.29) is 17.5 Å². The Labute approximate surface area is 184 Å². The second-order valence-corrected chi connectivity index (χ2v) is 7.92. The highest BCUT2D eigenvalue weighted by molar-refractivity contribution is 6.23. The molecule has 1 saturated heterocycles. The molecule has 2 aliphatic heterocycles. The van der Waals surface area contributed by atoms with Crippen LogP contribution in [0.1, 0.15) is 16.1 Å². The number of nitrogens with zero attached hydrogens (tertiary/aromatic N) is 5. The molecule has 1 amide bonds. The lowest BCUT2D eigenvalue weighted by Gasteiger charge is -2.37. The van der Waals surface area contributed by atoms with Gasteiger partial charge in [-0.25, -0.2) is 14.1 Å². The molecule has 1 atom stereocenters. The molecule has 0 radical (unpaired) electrons. The first-order chi connectivity index (χ1) is 15.5. The summed E-state index contributed by atoms with van der Waals surface area (Å²) in [6.45, 7) is 3.59. The topological polar surface area (TPSA) is 70.8 Å². The zero-order valence-electron chi connectivity index (χ0n) is 17.6. The van der Waals surface area contributed by atoms with Gasteiger partial charge in [0, 0.05) is 32.4 Å². The van der Waals surface area contributed by atoms with Gasteiger partial charge in [0.05, 0.1) is 22.6 Å². The van der Waals surface area contributed by atoms with E-state index in [4.69, 9.17) is 0 Å². The summed E-state index contributed by atoms with van der Waals surface area (Å²) in [4.78, 5) is 34.4. The Kier molecular flexibility index (Phi) is 5.05. The van der Waals surface area contributed by atoms with Crippen LogP contribution < -0.4 is 4.90 Å². The second-order valence-electron chi connectivity index (χ2n) is 7.92. The molecule has 1 aromatic heterocycles. The fraction of sp³-hybridized carbons (Fsp3) is 0.250. The lowest BCUT2D eigenvalue weighted by Crippen LogP contribution is -2.52. The molecule has 2 aromatic carbocycles. The van der Waals surface area contributed by atoms with Gasteiger partial charge in [0.25, 0.3) is 0 Å². The van der Waals surface area contributed by atoms with Crippen LogP contribution >= 0.6 is 0 Å². The van der Waals surface area contributed by atoms with Gasteiger partial charge in [-0.15, -0.1) is 0 Å². The molecule has 0 spiro atoms. The van der Waals surface area contributed by atoms with E-state index in [1.54, 1.807) is 34.7 Å². The number of rotatable bonds is 3. The van der Waals surface area contributed by atoms with Crippen molar-refractivity contribution < 1.29 is 14.0 Å². The van der Waals surface area contributed by atoms with Crippen LogP contribution in [0.5, 0.6) is 0 Å². The third-order valence-corrected chi connectivity index (χ3v) is 5.96. The molecule has 1 unspecified atom stereocenters. The number of para-hydroxylation sites is 2. The van der Waals surface area contributed by atoms with Gasteiger partial charge in [-0.1, -0.05) is 30.3 Å². The molecule has 3 heterocycles. The van der Waals surface area contributed by atoms with Gasteiger partial charge in [0.1, 0.15) is 11.7 Å². The van der Waals surface area contributed by atoms with Gasteiger partial charge in [0.15, 0.2) is 11.6 Å². The van der Waals surface area contributed by atoms with Crippen LogP contribution in [-0.4, -0.2) is 58.8 Å². The summed E-state index contributed by atoms with van der Waals surface area (Å²) in [5.41, 5.74) is 2.27. The van der Waals surface area contributed by atoms with E-state index in [0.29, 0.717) is 48.9 Å². The molecule has 5 rings (SSSR count). The van der Waals surface area contributed by atoms with Gasteiger partial charge < -0.3 is 9.80 Å². The Morgan fingerprint density at radius 1 is 1.00 bits per heavy atom. The number of aromatic nitrogens is 2. The van der Waals surface area contributed by atoms with E-state index in [9.17, 15) is 14.0 Å².